The van der Waals surface area contributed by atoms with Crippen LogP contribution < -0.4 is 26.5 Å². The average molecular weight is 470 g/mol. The highest BCUT2D eigenvalue weighted by atomic mass is 19.4. The van der Waals surface area contributed by atoms with Gasteiger partial charge in [0.25, 0.3) is 11.4 Å². The van der Waals surface area contributed by atoms with Crippen molar-refractivity contribution in [2.24, 2.45) is 7.05 Å². The Morgan fingerprint density at radius 2 is 1.91 bits per heavy atom. The number of halogens is 4. The van der Waals surface area contributed by atoms with Gasteiger partial charge in [0.15, 0.2) is 18.1 Å². The summed E-state index contributed by atoms with van der Waals surface area (Å²) in [4.78, 5) is 39.3. The molecule has 0 unspecified atom stereocenters. The van der Waals surface area contributed by atoms with Crippen LogP contribution in [0.25, 0.3) is 5.69 Å². The molecule has 174 valence electrons. The molecule has 0 aliphatic carbocycles. The number of aliphatic carboxylic acids is 1. The van der Waals surface area contributed by atoms with Crippen molar-refractivity contribution in [2.45, 2.75) is 6.18 Å². The van der Waals surface area contributed by atoms with Crippen molar-refractivity contribution in [3.05, 3.63) is 68.9 Å². The van der Waals surface area contributed by atoms with Crippen LogP contribution in [-0.2, 0) is 18.0 Å². The van der Waals surface area contributed by atoms with Crippen molar-refractivity contribution in [1.82, 2.24) is 14.1 Å². The van der Waals surface area contributed by atoms with E-state index in [1.54, 1.807) is 0 Å². The third-order valence-electron chi connectivity index (χ3n) is 4.22. The second-order valence-corrected chi connectivity index (χ2v) is 6.48. The van der Waals surface area contributed by atoms with Crippen LogP contribution in [0.1, 0.15) is 5.69 Å². The number of hydrogen-bond acceptors (Lipinski definition) is 7. The van der Waals surface area contributed by atoms with E-state index in [2.05, 4.69) is 4.98 Å². The maximum atomic E-state index is 14.6. The van der Waals surface area contributed by atoms with E-state index in [0.29, 0.717) is 6.07 Å². The van der Waals surface area contributed by atoms with E-state index in [4.69, 9.17) is 20.3 Å². The van der Waals surface area contributed by atoms with Crippen LogP contribution in [0.2, 0.25) is 0 Å². The smallest absolute Gasteiger partial charge is 0.431 e. The van der Waals surface area contributed by atoms with Crippen molar-refractivity contribution in [3.63, 3.8) is 0 Å². The van der Waals surface area contributed by atoms with Crippen molar-refractivity contribution < 1.29 is 36.9 Å². The number of nitrogen functional groups attached to an aromatic ring is 1. The first kappa shape index (κ1) is 23.3. The van der Waals surface area contributed by atoms with Gasteiger partial charge in [-0.3, -0.25) is 9.36 Å². The molecule has 10 nitrogen and oxygen atoms in total. The van der Waals surface area contributed by atoms with Gasteiger partial charge in [-0.1, -0.05) is 0 Å². The fraction of sp³-hybridized carbons (Fsp3) is 0.158. The van der Waals surface area contributed by atoms with Gasteiger partial charge >= 0.3 is 17.8 Å². The summed E-state index contributed by atoms with van der Waals surface area (Å²) in [5.74, 6) is -3.20. The maximum absolute atomic E-state index is 14.6. The van der Waals surface area contributed by atoms with Gasteiger partial charge in [-0.25, -0.2) is 23.5 Å². The highest BCUT2D eigenvalue weighted by molar-refractivity contribution is 5.68. The third kappa shape index (κ3) is 4.78. The Morgan fingerprint density at radius 1 is 1.21 bits per heavy atom. The summed E-state index contributed by atoms with van der Waals surface area (Å²) >= 11 is 0. The number of nitrogens with zero attached hydrogens (tertiary/aromatic N) is 3. The standard InChI is InChI=1S/C19H14F4N4O6/c1-26-14(19(21,22)23)7-15(28)27(18(26)31)11-6-13(10(24)5-9(11)20)33-12-3-2-4-25-17(12)32-8-16(29)30/h2-7H,8,24H2,1H3,(H,29,30). The van der Waals surface area contributed by atoms with Gasteiger partial charge in [0.05, 0.1) is 11.4 Å². The fourth-order valence-corrected chi connectivity index (χ4v) is 2.75. The molecule has 0 aliphatic rings. The lowest BCUT2D eigenvalue weighted by Crippen LogP contribution is -2.41. The normalized spacial score (nSPS) is 11.3. The summed E-state index contributed by atoms with van der Waals surface area (Å²) in [7, 11) is 0.773. The second kappa shape index (κ2) is 8.64. The monoisotopic (exact) mass is 470 g/mol. The molecule has 0 spiro atoms. The minimum atomic E-state index is -4.99. The van der Waals surface area contributed by atoms with Crippen LogP contribution in [0.3, 0.4) is 0 Å². The van der Waals surface area contributed by atoms with Crippen molar-refractivity contribution >= 4 is 11.7 Å². The van der Waals surface area contributed by atoms with E-state index in [1.165, 1.54) is 18.3 Å². The Hall–Kier alpha value is -4.36. The maximum Gasteiger partial charge on any atom is 0.431 e. The summed E-state index contributed by atoms with van der Waals surface area (Å²) in [5.41, 5.74) is 0.288. The first-order chi connectivity index (χ1) is 15.4. The highest BCUT2D eigenvalue weighted by Gasteiger charge is 2.35. The number of anilines is 1. The summed E-state index contributed by atoms with van der Waals surface area (Å²) in [6, 6.07) is 4.39. The molecule has 0 amide bonds. The van der Waals surface area contributed by atoms with Crippen molar-refractivity contribution in [2.75, 3.05) is 12.3 Å². The topological polar surface area (TPSA) is 139 Å². The number of pyridine rings is 1. The molecule has 3 aromatic rings. The predicted octanol–water partition coefficient (Wildman–Crippen LogP) is 1.93. The Balaban J connectivity index is 2.12. The summed E-state index contributed by atoms with van der Waals surface area (Å²) < 4.78 is 64.6. The Labute approximate surface area is 181 Å². The molecule has 3 rings (SSSR count). The van der Waals surface area contributed by atoms with Gasteiger partial charge in [-0.05, 0) is 12.1 Å². The Bertz CT molecular complexity index is 1350. The first-order valence-electron chi connectivity index (χ1n) is 8.87. The molecule has 0 bridgehead atoms. The molecule has 0 atom stereocenters. The Morgan fingerprint density at radius 3 is 2.55 bits per heavy atom. The summed E-state index contributed by atoms with van der Waals surface area (Å²) in [6.07, 6.45) is -3.72. The number of benzene rings is 1. The summed E-state index contributed by atoms with van der Waals surface area (Å²) in [5, 5.41) is 8.75. The van der Waals surface area contributed by atoms with E-state index in [0.717, 1.165) is 13.1 Å². The minimum absolute atomic E-state index is 0.143. The van der Waals surface area contributed by atoms with Gasteiger partial charge in [0, 0.05) is 31.4 Å². The van der Waals surface area contributed by atoms with Crippen LogP contribution in [0, 0.1) is 5.82 Å². The number of alkyl halides is 3. The number of carboxylic acid groups (broad SMARTS) is 1. The van der Waals surface area contributed by atoms with Gasteiger partial charge in [0.1, 0.15) is 11.5 Å². The molecule has 14 heteroatoms. The van der Waals surface area contributed by atoms with E-state index >= 15 is 0 Å². The van der Waals surface area contributed by atoms with Crippen LogP contribution in [0.5, 0.6) is 17.4 Å². The van der Waals surface area contributed by atoms with Crippen LogP contribution in [-0.4, -0.2) is 31.8 Å². The lowest BCUT2D eigenvalue weighted by atomic mass is 10.2. The quantitative estimate of drug-likeness (QED) is 0.412. The van der Waals surface area contributed by atoms with E-state index in [-0.39, 0.29) is 38.3 Å². The zero-order valence-electron chi connectivity index (χ0n) is 16.6. The van der Waals surface area contributed by atoms with Crippen LogP contribution in [0.4, 0.5) is 23.2 Å². The number of nitrogens with two attached hydrogens (primary N) is 1. The van der Waals surface area contributed by atoms with Gasteiger partial charge < -0.3 is 20.3 Å². The van der Waals surface area contributed by atoms with Crippen molar-refractivity contribution in [1.29, 1.82) is 0 Å². The second-order valence-electron chi connectivity index (χ2n) is 6.48. The molecule has 3 N–H and O–H groups in total. The predicted molar refractivity (Wildman–Crippen MR) is 104 cm³/mol. The number of carbonyl (C=O) groups is 1. The van der Waals surface area contributed by atoms with Crippen molar-refractivity contribution in [3.8, 4) is 23.1 Å². The molecular formula is C19H14F4N4O6. The third-order valence-corrected chi connectivity index (χ3v) is 4.22. The number of aromatic nitrogens is 3. The zero-order valence-corrected chi connectivity index (χ0v) is 16.6. The van der Waals surface area contributed by atoms with Gasteiger partial charge in [-0.15, -0.1) is 0 Å². The number of hydrogen-bond donors (Lipinski definition) is 2. The molecule has 1 aromatic carbocycles. The van der Waals surface area contributed by atoms with E-state index in [9.17, 15) is 31.9 Å². The molecule has 0 fully saturated rings. The molecule has 33 heavy (non-hydrogen) atoms. The lowest BCUT2D eigenvalue weighted by molar-refractivity contribution is -0.144. The van der Waals surface area contributed by atoms with Gasteiger partial charge in [0.2, 0.25) is 0 Å². The number of carboxylic acids is 1. The van der Waals surface area contributed by atoms with E-state index in [1.807, 2.05) is 0 Å². The largest absolute Gasteiger partial charge is 0.479 e. The first-order valence-corrected chi connectivity index (χ1v) is 8.87. The molecule has 2 aromatic heterocycles. The molecular weight excluding hydrogens is 456 g/mol. The fourth-order valence-electron chi connectivity index (χ4n) is 2.75. The Kier molecular flexibility index (Phi) is 6.10. The molecule has 2 heterocycles. The molecule has 0 aliphatic heterocycles. The van der Waals surface area contributed by atoms with E-state index < -0.39 is 47.2 Å². The zero-order chi connectivity index (χ0) is 24.5. The lowest BCUT2D eigenvalue weighted by Gasteiger charge is -2.16. The van der Waals surface area contributed by atoms with Gasteiger partial charge in [-0.2, -0.15) is 13.2 Å². The summed E-state index contributed by atoms with van der Waals surface area (Å²) in [6.45, 7) is -0.755. The number of ether oxygens (including phenoxy) is 2. The van der Waals surface area contributed by atoms with Crippen LogP contribution >= 0.6 is 0 Å². The minimum Gasteiger partial charge on any atom is -0.479 e. The van der Waals surface area contributed by atoms with Crippen LogP contribution in [0.15, 0.2) is 46.1 Å². The molecule has 0 saturated carbocycles. The number of rotatable bonds is 6. The SMILES string of the molecule is Cn1c(C(F)(F)F)cc(=O)n(-c2cc(Oc3cccnc3OCC(=O)O)c(N)cc2F)c1=O. The average Bonchev–Trinajstić information content (AvgIpc) is 2.72. The highest BCUT2D eigenvalue weighted by Crippen LogP contribution is 2.35. The molecule has 0 radical (unpaired) electrons. The molecule has 0 saturated heterocycles.